The molecule has 0 saturated heterocycles. The van der Waals surface area contributed by atoms with Gasteiger partial charge >= 0.3 is 0 Å². The van der Waals surface area contributed by atoms with E-state index >= 15 is 0 Å². The minimum absolute atomic E-state index is 0. The molecule has 0 spiro atoms. The molecule has 17 heavy (non-hydrogen) atoms. The summed E-state index contributed by atoms with van der Waals surface area (Å²) in [5.41, 5.74) is 0. The lowest BCUT2D eigenvalue weighted by atomic mass is 10.5. The third-order valence-corrected chi connectivity index (χ3v) is 3.72. The summed E-state index contributed by atoms with van der Waals surface area (Å²) in [7, 11) is -3.44. The SMILES string of the molecule is Cl.O=S(=O)(NCCNC1CC1)c1ccccn1. The summed E-state index contributed by atoms with van der Waals surface area (Å²) in [5.74, 6) is 0. The van der Waals surface area contributed by atoms with Gasteiger partial charge in [0.25, 0.3) is 10.0 Å². The highest BCUT2D eigenvalue weighted by molar-refractivity contribution is 7.89. The lowest BCUT2D eigenvalue weighted by molar-refractivity contribution is 0.572. The number of aromatic nitrogens is 1. The fourth-order valence-corrected chi connectivity index (χ4v) is 2.31. The summed E-state index contributed by atoms with van der Waals surface area (Å²) in [6.45, 7) is 1.06. The van der Waals surface area contributed by atoms with E-state index in [0.29, 0.717) is 19.1 Å². The van der Waals surface area contributed by atoms with Crippen molar-refractivity contribution in [2.75, 3.05) is 13.1 Å². The first-order valence-electron chi connectivity index (χ1n) is 5.32. The summed E-state index contributed by atoms with van der Waals surface area (Å²) >= 11 is 0. The number of rotatable bonds is 6. The number of sulfonamides is 1. The van der Waals surface area contributed by atoms with Crippen molar-refractivity contribution in [2.24, 2.45) is 0 Å². The Kier molecular flexibility index (Phi) is 5.32. The number of pyridine rings is 1. The van der Waals surface area contributed by atoms with Gasteiger partial charge in [-0.2, -0.15) is 0 Å². The number of hydrogen-bond donors (Lipinski definition) is 2. The monoisotopic (exact) mass is 277 g/mol. The lowest BCUT2D eigenvalue weighted by Gasteiger charge is -2.06. The Morgan fingerprint density at radius 1 is 1.29 bits per heavy atom. The molecule has 1 heterocycles. The molecule has 1 saturated carbocycles. The molecule has 1 aromatic heterocycles. The Balaban J connectivity index is 0.00000144. The predicted molar refractivity (Wildman–Crippen MR) is 67.7 cm³/mol. The van der Waals surface area contributed by atoms with E-state index in [4.69, 9.17) is 0 Å². The molecule has 0 radical (unpaired) electrons. The van der Waals surface area contributed by atoms with E-state index in [0.717, 1.165) is 0 Å². The summed E-state index contributed by atoms with van der Waals surface area (Å²) in [6.07, 6.45) is 3.87. The molecule has 5 nitrogen and oxygen atoms in total. The second-order valence-corrected chi connectivity index (χ2v) is 5.51. The van der Waals surface area contributed by atoms with E-state index in [1.807, 2.05) is 0 Å². The summed E-state index contributed by atoms with van der Waals surface area (Å²) in [5, 5.41) is 3.30. The average molecular weight is 278 g/mol. The zero-order valence-corrected chi connectivity index (χ0v) is 10.9. The quantitative estimate of drug-likeness (QED) is 0.745. The van der Waals surface area contributed by atoms with Gasteiger partial charge in [-0.25, -0.2) is 18.1 Å². The maximum absolute atomic E-state index is 11.7. The van der Waals surface area contributed by atoms with Gasteiger partial charge in [0.1, 0.15) is 0 Å². The van der Waals surface area contributed by atoms with Crippen LogP contribution in [0.5, 0.6) is 0 Å². The fraction of sp³-hybridized carbons (Fsp3) is 0.500. The van der Waals surface area contributed by atoms with Gasteiger partial charge in [0, 0.05) is 25.3 Å². The summed E-state index contributed by atoms with van der Waals surface area (Å²) in [6, 6.07) is 5.42. The third-order valence-electron chi connectivity index (χ3n) is 2.34. The molecule has 0 aromatic carbocycles. The van der Waals surface area contributed by atoms with Gasteiger partial charge in [-0.15, -0.1) is 12.4 Å². The molecular formula is C10H16ClN3O2S. The number of hydrogen-bond acceptors (Lipinski definition) is 4. The zero-order valence-electron chi connectivity index (χ0n) is 9.30. The van der Waals surface area contributed by atoms with Crippen LogP contribution in [0.2, 0.25) is 0 Å². The first-order valence-corrected chi connectivity index (χ1v) is 6.81. The lowest BCUT2D eigenvalue weighted by Crippen LogP contribution is -2.33. The highest BCUT2D eigenvalue weighted by Gasteiger charge is 2.20. The maximum atomic E-state index is 11.7. The van der Waals surface area contributed by atoms with Crippen molar-refractivity contribution in [3.05, 3.63) is 24.4 Å². The number of halogens is 1. The molecule has 0 unspecified atom stereocenters. The third kappa shape index (κ3) is 4.59. The molecular weight excluding hydrogens is 262 g/mol. The van der Waals surface area contributed by atoms with E-state index in [2.05, 4.69) is 15.0 Å². The number of nitrogens with one attached hydrogen (secondary N) is 2. The van der Waals surface area contributed by atoms with E-state index in [1.165, 1.54) is 25.1 Å². The summed E-state index contributed by atoms with van der Waals surface area (Å²) in [4.78, 5) is 3.81. The average Bonchev–Trinajstić information content (AvgIpc) is 3.10. The molecule has 1 aliphatic rings. The molecule has 1 aliphatic carbocycles. The molecule has 1 aromatic rings. The number of nitrogens with zero attached hydrogens (tertiary/aromatic N) is 1. The van der Waals surface area contributed by atoms with Gasteiger partial charge in [0.15, 0.2) is 5.03 Å². The van der Waals surface area contributed by atoms with Crippen molar-refractivity contribution in [3.8, 4) is 0 Å². The highest BCUT2D eigenvalue weighted by Crippen LogP contribution is 2.17. The Morgan fingerprint density at radius 2 is 2.06 bits per heavy atom. The molecule has 0 bridgehead atoms. The van der Waals surface area contributed by atoms with Crippen LogP contribution in [-0.2, 0) is 10.0 Å². The molecule has 2 N–H and O–H groups in total. The van der Waals surface area contributed by atoms with Gasteiger partial charge < -0.3 is 5.32 Å². The van der Waals surface area contributed by atoms with Crippen LogP contribution in [0.25, 0.3) is 0 Å². The van der Waals surface area contributed by atoms with Crippen LogP contribution in [0.1, 0.15) is 12.8 Å². The minimum atomic E-state index is -3.44. The fourth-order valence-electron chi connectivity index (χ4n) is 1.33. The van der Waals surface area contributed by atoms with Crippen molar-refractivity contribution in [1.82, 2.24) is 15.0 Å². The van der Waals surface area contributed by atoms with Crippen LogP contribution in [0, 0.1) is 0 Å². The molecule has 2 rings (SSSR count). The van der Waals surface area contributed by atoms with Crippen molar-refractivity contribution in [1.29, 1.82) is 0 Å². The molecule has 0 atom stereocenters. The van der Waals surface area contributed by atoms with E-state index in [9.17, 15) is 8.42 Å². The second kappa shape index (κ2) is 6.30. The zero-order chi connectivity index (χ0) is 11.4. The van der Waals surface area contributed by atoms with E-state index in [-0.39, 0.29) is 17.4 Å². The van der Waals surface area contributed by atoms with Gasteiger partial charge in [-0.3, -0.25) is 0 Å². The van der Waals surface area contributed by atoms with E-state index < -0.39 is 10.0 Å². The summed E-state index contributed by atoms with van der Waals surface area (Å²) < 4.78 is 25.9. The standard InChI is InChI=1S/C10H15N3O2S.ClH/c14-16(15,10-3-1-2-6-12-10)13-8-7-11-9-4-5-9;/h1-3,6,9,11,13H,4-5,7-8H2;1H. The van der Waals surface area contributed by atoms with Crippen molar-refractivity contribution >= 4 is 22.4 Å². The first-order chi connectivity index (χ1) is 7.68. The second-order valence-electron chi connectivity index (χ2n) is 3.79. The van der Waals surface area contributed by atoms with Crippen LogP contribution >= 0.6 is 12.4 Å². The Labute approximate surface area is 107 Å². The Hall–Kier alpha value is -0.690. The Bertz CT molecular complexity index is 434. The molecule has 7 heteroatoms. The van der Waals surface area contributed by atoms with Gasteiger partial charge in [-0.1, -0.05) is 6.07 Å². The smallest absolute Gasteiger partial charge is 0.258 e. The largest absolute Gasteiger partial charge is 0.313 e. The van der Waals surface area contributed by atoms with Crippen LogP contribution in [-0.4, -0.2) is 32.5 Å². The molecule has 0 aliphatic heterocycles. The van der Waals surface area contributed by atoms with Crippen LogP contribution in [0.15, 0.2) is 29.4 Å². The van der Waals surface area contributed by atoms with Crippen molar-refractivity contribution < 1.29 is 8.42 Å². The predicted octanol–water partition coefficient (Wildman–Crippen LogP) is 0.534. The first kappa shape index (κ1) is 14.4. The minimum Gasteiger partial charge on any atom is -0.313 e. The van der Waals surface area contributed by atoms with Gasteiger partial charge in [-0.05, 0) is 25.0 Å². The topological polar surface area (TPSA) is 71.1 Å². The van der Waals surface area contributed by atoms with Crippen molar-refractivity contribution in [3.63, 3.8) is 0 Å². The van der Waals surface area contributed by atoms with Crippen molar-refractivity contribution in [2.45, 2.75) is 23.9 Å². The van der Waals surface area contributed by atoms with Crippen LogP contribution < -0.4 is 10.0 Å². The Morgan fingerprint density at radius 3 is 2.65 bits per heavy atom. The molecule has 96 valence electrons. The van der Waals surface area contributed by atoms with E-state index in [1.54, 1.807) is 12.1 Å². The molecule has 0 amide bonds. The van der Waals surface area contributed by atoms with Gasteiger partial charge in [0.2, 0.25) is 0 Å². The maximum Gasteiger partial charge on any atom is 0.258 e. The van der Waals surface area contributed by atoms with Crippen LogP contribution in [0.3, 0.4) is 0 Å². The highest BCUT2D eigenvalue weighted by atomic mass is 35.5. The normalized spacial score (nSPS) is 15.3. The van der Waals surface area contributed by atoms with Gasteiger partial charge in [0.05, 0.1) is 0 Å². The molecule has 1 fully saturated rings. The van der Waals surface area contributed by atoms with Crippen LogP contribution in [0.4, 0.5) is 0 Å².